The van der Waals surface area contributed by atoms with Gasteiger partial charge in [0, 0.05) is 36.7 Å². The zero-order valence-corrected chi connectivity index (χ0v) is 11.2. The van der Waals surface area contributed by atoms with E-state index in [1.807, 2.05) is 40.9 Å². The van der Waals surface area contributed by atoms with Crippen LogP contribution in [-0.4, -0.2) is 28.5 Å². The number of nitrogens with two attached hydrogens (primary N) is 1. The molecule has 2 aromatic rings. The number of rotatable bonds is 4. The number of aromatic nitrogens is 1. The van der Waals surface area contributed by atoms with Gasteiger partial charge in [-0.1, -0.05) is 18.2 Å². The minimum absolute atomic E-state index is 0.173. The molecule has 3 rings (SSSR count). The Morgan fingerprint density at radius 3 is 2.84 bits per heavy atom. The molecular weight excluding hydrogens is 238 g/mol. The van der Waals surface area contributed by atoms with E-state index in [2.05, 4.69) is 6.07 Å². The molecule has 1 amide bonds. The van der Waals surface area contributed by atoms with E-state index in [-0.39, 0.29) is 5.91 Å². The SMILES string of the molecule is CN(C(=O)Cn1cc(CN)c2ccccc21)C1CC1. The van der Waals surface area contributed by atoms with Crippen LogP contribution in [0, 0.1) is 0 Å². The van der Waals surface area contributed by atoms with Crippen LogP contribution >= 0.6 is 0 Å². The number of nitrogens with zero attached hydrogens (tertiary/aromatic N) is 2. The highest BCUT2D eigenvalue weighted by molar-refractivity contribution is 5.86. The summed E-state index contributed by atoms with van der Waals surface area (Å²) in [6, 6.07) is 8.56. The number of hydrogen-bond donors (Lipinski definition) is 1. The van der Waals surface area contributed by atoms with Crippen molar-refractivity contribution in [1.82, 2.24) is 9.47 Å². The Morgan fingerprint density at radius 1 is 1.42 bits per heavy atom. The molecule has 2 N–H and O–H groups in total. The Morgan fingerprint density at radius 2 is 2.16 bits per heavy atom. The lowest BCUT2D eigenvalue weighted by Crippen LogP contribution is -2.31. The fourth-order valence-corrected chi connectivity index (χ4v) is 2.54. The first kappa shape index (κ1) is 12.2. The van der Waals surface area contributed by atoms with Crippen molar-refractivity contribution >= 4 is 16.8 Å². The van der Waals surface area contributed by atoms with Crippen molar-refractivity contribution in [2.45, 2.75) is 32.0 Å². The minimum atomic E-state index is 0.173. The number of amides is 1. The highest BCUT2D eigenvalue weighted by atomic mass is 16.2. The predicted octanol–water partition coefficient (Wildman–Crippen LogP) is 1.72. The van der Waals surface area contributed by atoms with E-state index in [9.17, 15) is 4.79 Å². The number of hydrogen-bond acceptors (Lipinski definition) is 2. The first-order valence-corrected chi connectivity index (χ1v) is 6.73. The third kappa shape index (κ3) is 2.24. The van der Waals surface area contributed by atoms with Crippen LogP contribution in [0.5, 0.6) is 0 Å². The second-order valence-corrected chi connectivity index (χ2v) is 5.24. The zero-order chi connectivity index (χ0) is 13.4. The van der Waals surface area contributed by atoms with E-state index in [1.54, 1.807) is 0 Å². The van der Waals surface area contributed by atoms with Crippen molar-refractivity contribution in [2.24, 2.45) is 5.73 Å². The lowest BCUT2D eigenvalue weighted by atomic mass is 10.2. The fourth-order valence-electron chi connectivity index (χ4n) is 2.54. The van der Waals surface area contributed by atoms with Gasteiger partial charge in [-0.3, -0.25) is 4.79 Å². The van der Waals surface area contributed by atoms with Crippen molar-refractivity contribution in [2.75, 3.05) is 7.05 Å². The van der Waals surface area contributed by atoms with Gasteiger partial charge in [-0.15, -0.1) is 0 Å². The number of carbonyl (C=O) groups is 1. The smallest absolute Gasteiger partial charge is 0.242 e. The number of para-hydroxylation sites is 1. The summed E-state index contributed by atoms with van der Waals surface area (Å²) < 4.78 is 2.01. The summed E-state index contributed by atoms with van der Waals surface area (Å²) in [5.74, 6) is 0.173. The number of benzene rings is 1. The summed E-state index contributed by atoms with van der Waals surface area (Å²) >= 11 is 0. The maximum Gasteiger partial charge on any atom is 0.242 e. The molecule has 1 heterocycles. The van der Waals surface area contributed by atoms with E-state index < -0.39 is 0 Å². The van der Waals surface area contributed by atoms with Crippen molar-refractivity contribution in [3.8, 4) is 0 Å². The predicted molar refractivity (Wildman–Crippen MR) is 75.6 cm³/mol. The molecule has 0 spiro atoms. The quantitative estimate of drug-likeness (QED) is 0.906. The van der Waals surface area contributed by atoms with E-state index >= 15 is 0 Å². The van der Waals surface area contributed by atoms with Gasteiger partial charge in [0.1, 0.15) is 6.54 Å². The lowest BCUT2D eigenvalue weighted by Gasteiger charge is -2.16. The van der Waals surface area contributed by atoms with Gasteiger partial charge >= 0.3 is 0 Å². The first-order valence-electron chi connectivity index (χ1n) is 6.73. The van der Waals surface area contributed by atoms with Crippen molar-refractivity contribution in [1.29, 1.82) is 0 Å². The van der Waals surface area contributed by atoms with Crippen LogP contribution in [0.1, 0.15) is 18.4 Å². The summed E-state index contributed by atoms with van der Waals surface area (Å²) in [6.45, 7) is 0.897. The molecule has 4 nitrogen and oxygen atoms in total. The van der Waals surface area contributed by atoms with Gasteiger partial charge in [-0.25, -0.2) is 0 Å². The van der Waals surface area contributed by atoms with Gasteiger partial charge in [0.15, 0.2) is 0 Å². The normalized spacial score (nSPS) is 14.8. The van der Waals surface area contributed by atoms with Crippen molar-refractivity contribution in [3.63, 3.8) is 0 Å². The molecule has 0 atom stereocenters. The second-order valence-electron chi connectivity index (χ2n) is 5.24. The monoisotopic (exact) mass is 257 g/mol. The van der Waals surface area contributed by atoms with Crippen molar-refractivity contribution in [3.05, 3.63) is 36.0 Å². The standard InChI is InChI=1S/C15H19N3O/c1-17(12-6-7-12)15(19)10-18-9-11(8-16)13-4-2-3-5-14(13)18/h2-5,9,12H,6-8,10,16H2,1H3. The molecule has 19 heavy (non-hydrogen) atoms. The molecule has 0 saturated heterocycles. The maximum absolute atomic E-state index is 12.2. The van der Waals surface area contributed by atoms with E-state index in [0.29, 0.717) is 19.1 Å². The van der Waals surface area contributed by atoms with Crippen LogP contribution in [0.2, 0.25) is 0 Å². The third-order valence-corrected chi connectivity index (χ3v) is 3.88. The largest absolute Gasteiger partial charge is 0.341 e. The van der Waals surface area contributed by atoms with Crippen LogP contribution in [0.15, 0.2) is 30.5 Å². The molecule has 1 aromatic heterocycles. The van der Waals surface area contributed by atoms with E-state index in [1.165, 1.54) is 0 Å². The average Bonchev–Trinajstić information content (AvgIpc) is 3.22. The molecule has 0 bridgehead atoms. The Hall–Kier alpha value is -1.81. The Balaban J connectivity index is 1.89. The Kier molecular flexibility index (Phi) is 3.03. The molecule has 0 aliphatic heterocycles. The molecule has 1 saturated carbocycles. The van der Waals surface area contributed by atoms with Crippen LogP contribution in [0.25, 0.3) is 10.9 Å². The first-order chi connectivity index (χ1) is 9.20. The molecule has 100 valence electrons. The third-order valence-electron chi connectivity index (χ3n) is 3.88. The molecule has 0 radical (unpaired) electrons. The zero-order valence-electron chi connectivity index (χ0n) is 11.2. The second kappa shape index (κ2) is 4.70. The molecule has 0 unspecified atom stereocenters. The highest BCUT2D eigenvalue weighted by Crippen LogP contribution is 2.26. The molecule has 1 fully saturated rings. The van der Waals surface area contributed by atoms with E-state index in [0.717, 1.165) is 29.3 Å². The topological polar surface area (TPSA) is 51.3 Å². The van der Waals surface area contributed by atoms with E-state index in [4.69, 9.17) is 5.73 Å². The summed E-state index contributed by atoms with van der Waals surface area (Å²) in [4.78, 5) is 14.1. The minimum Gasteiger partial charge on any atom is -0.341 e. The van der Waals surface area contributed by atoms with Gasteiger partial charge in [0.25, 0.3) is 0 Å². The molecule has 1 aliphatic rings. The molecule has 4 heteroatoms. The number of fused-ring (bicyclic) bond motifs is 1. The van der Waals surface area contributed by atoms with Crippen LogP contribution in [0.4, 0.5) is 0 Å². The van der Waals surface area contributed by atoms with Gasteiger partial charge < -0.3 is 15.2 Å². The Bertz CT molecular complexity index is 613. The number of carbonyl (C=O) groups excluding carboxylic acids is 1. The van der Waals surface area contributed by atoms with Gasteiger partial charge in [0.2, 0.25) is 5.91 Å². The van der Waals surface area contributed by atoms with Gasteiger partial charge in [0.05, 0.1) is 0 Å². The summed E-state index contributed by atoms with van der Waals surface area (Å²) in [5.41, 5.74) is 7.95. The fraction of sp³-hybridized carbons (Fsp3) is 0.400. The average molecular weight is 257 g/mol. The lowest BCUT2D eigenvalue weighted by molar-refractivity contribution is -0.130. The van der Waals surface area contributed by atoms with Gasteiger partial charge in [-0.2, -0.15) is 0 Å². The maximum atomic E-state index is 12.2. The number of likely N-dealkylation sites (N-methyl/N-ethyl adjacent to an activating group) is 1. The van der Waals surface area contributed by atoms with Crippen LogP contribution in [-0.2, 0) is 17.9 Å². The summed E-state index contributed by atoms with van der Waals surface area (Å²) in [6.07, 6.45) is 4.29. The molecule has 1 aromatic carbocycles. The summed E-state index contributed by atoms with van der Waals surface area (Å²) in [7, 11) is 1.90. The highest BCUT2D eigenvalue weighted by Gasteiger charge is 2.29. The Labute approximate surface area is 112 Å². The van der Waals surface area contributed by atoms with Crippen molar-refractivity contribution < 1.29 is 4.79 Å². The van der Waals surface area contributed by atoms with Crippen LogP contribution < -0.4 is 5.73 Å². The summed E-state index contributed by atoms with van der Waals surface area (Å²) in [5, 5.41) is 1.15. The van der Waals surface area contributed by atoms with Crippen LogP contribution in [0.3, 0.4) is 0 Å². The molecule has 1 aliphatic carbocycles. The molecular formula is C15H19N3O. The van der Waals surface area contributed by atoms with Gasteiger partial charge in [-0.05, 0) is 24.5 Å².